The standard InChI is InChI=1S/C9H18N2O/c1-9(2,3)8-6(10)4-5-7(12)11-8/h6,8H,4-5,10H2,1-3H3,(H,11,12)/t6-,8-/m0/s1. The van der Waals surface area contributed by atoms with Crippen LogP contribution in [0.15, 0.2) is 0 Å². The normalized spacial score (nSPS) is 31.5. The van der Waals surface area contributed by atoms with Gasteiger partial charge < -0.3 is 11.1 Å². The summed E-state index contributed by atoms with van der Waals surface area (Å²) in [7, 11) is 0. The van der Waals surface area contributed by atoms with Crippen molar-refractivity contribution in [2.75, 3.05) is 0 Å². The molecule has 1 aliphatic rings. The molecule has 1 amide bonds. The Hall–Kier alpha value is -0.570. The molecule has 0 saturated carbocycles. The van der Waals surface area contributed by atoms with Crippen LogP contribution in [-0.4, -0.2) is 18.0 Å². The lowest BCUT2D eigenvalue weighted by molar-refractivity contribution is -0.124. The van der Waals surface area contributed by atoms with Gasteiger partial charge in [-0.3, -0.25) is 4.79 Å². The van der Waals surface area contributed by atoms with E-state index in [1.807, 2.05) is 0 Å². The molecule has 0 unspecified atom stereocenters. The molecule has 1 aliphatic heterocycles. The van der Waals surface area contributed by atoms with E-state index in [1.165, 1.54) is 0 Å². The van der Waals surface area contributed by atoms with Gasteiger partial charge >= 0.3 is 0 Å². The van der Waals surface area contributed by atoms with E-state index in [0.29, 0.717) is 6.42 Å². The molecule has 1 rings (SSSR count). The minimum absolute atomic E-state index is 0.0650. The van der Waals surface area contributed by atoms with Crippen molar-refractivity contribution in [3.8, 4) is 0 Å². The first-order valence-electron chi connectivity index (χ1n) is 4.46. The van der Waals surface area contributed by atoms with Crippen molar-refractivity contribution in [2.24, 2.45) is 11.1 Å². The minimum atomic E-state index is 0.0650. The van der Waals surface area contributed by atoms with Crippen molar-refractivity contribution in [3.63, 3.8) is 0 Å². The lowest BCUT2D eigenvalue weighted by atomic mass is 9.79. The molecule has 0 spiro atoms. The summed E-state index contributed by atoms with van der Waals surface area (Å²) in [5.41, 5.74) is 5.98. The highest BCUT2D eigenvalue weighted by Crippen LogP contribution is 2.25. The molecule has 0 aromatic heterocycles. The lowest BCUT2D eigenvalue weighted by Crippen LogP contribution is -2.57. The van der Waals surface area contributed by atoms with Gasteiger partial charge in [-0.1, -0.05) is 20.8 Å². The molecule has 0 aromatic carbocycles. The lowest BCUT2D eigenvalue weighted by Gasteiger charge is -2.38. The van der Waals surface area contributed by atoms with E-state index in [0.717, 1.165) is 6.42 Å². The summed E-state index contributed by atoms with van der Waals surface area (Å²) < 4.78 is 0. The van der Waals surface area contributed by atoms with E-state index in [9.17, 15) is 4.79 Å². The van der Waals surface area contributed by atoms with Gasteiger partial charge in [0.15, 0.2) is 0 Å². The molecule has 1 heterocycles. The van der Waals surface area contributed by atoms with E-state index in [2.05, 4.69) is 26.1 Å². The topological polar surface area (TPSA) is 55.1 Å². The third-order valence-electron chi connectivity index (χ3n) is 2.38. The Kier molecular flexibility index (Phi) is 2.42. The Balaban J connectivity index is 2.67. The molecular formula is C9H18N2O. The summed E-state index contributed by atoms with van der Waals surface area (Å²) in [6.07, 6.45) is 1.39. The third kappa shape index (κ3) is 1.97. The Morgan fingerprint density at radius 2 is 2.08 bits per heavy atom. The van der Waals surface area contributed by atoms with Crippen LogP contribution in [0.2, 0.25) is 0 Å². The predicted octanol–water partition coefficient (Wildman–Crippen LogP) is 0.638. The first-order valence-corrected chi connectivity index (χ1v) is 4.46. The van der Waals surface area contributed by atoms with Gasteiger partial charge in [-0.2, -0.15) is 0 Å². The van der Waals surface area contributed by atoms with Crippen LogP contribution in [0.4, 0.5) is 0 Å². The summed E-state index contributed by atoms with van der Waals surface area (Å²) in [5.74, 6) is 0.136. The van der Waals surface area contributed by atoms with Crippen molar-refractivity contribution in [2.45, 2.75) is 45.7 Å². The number of hydrogen-bond acceptors (Lipinski definition) is 2. The molecule has 3 heteroatoms. The number of nitrogens with one attached hydrogen (secondary N) is 1. The van der Waals surface area contributed by atoms with Gasteiger partial charge in [0, 0.05) is 18.5 Å². The van der Waals surface area contributed by atoms with Gasteiger partial charge in [-0.25, -0.2) is 0 Å². The fourth-order valence-corrected chi connectivity index (χ4v) is 1.68. The van der Waals surface area contributed by atoms with Crippen LogP contribution in [0.1, 0.15) is 33.6 Å². The zero-order valence-electron chi connectivity index (χ0n) is 8.05. The summed E-state index contributed by atoms with van der Waals surface area (Å²) >= 11 is 0. The van der Waals surface area contributed by atoms with Gasteiger partial charge in [0.2, 0.25) is 5.91 Å². The van der Waals surface area contributed by atoms with Gasteiger partial charge in [0.1, 0.15) is 0 Å². The highest BCUT2D eigenvalue weighted by molar-refractivity contribution is 5.77. The summed E-state index contributed by atoms with van der Waals surface area (Å²) in [6.45, 7) is 6.30. The number of carbonyl (C=O) groups is 1. The Bertz CT molecular complexity index is 183. The van der Waals surface area contributed by atoms with E-state index >= 15 is 0 Å². The molecule has 1 saturated heterocycles. The van der Waals surface area contributed by atoms with Crippen LogP contribution in [0, 0.1) is 5.41 Å². The Labute approximate surface area is 73.7 Å². The van der Waals surface area contributed by atoms with Crippen LogP contribution >= 0.6 is 0 Å². The Morgan fingerprint density at radius 3 is 2.50 bits per heavy atom. The molecule has 70 valence electrons. The maximum absolute atomic E-state index is 11.1. The van der Waals surface area contributed by atoms with Crippen LogP contribution in [-0.2, 0) is 4.79 Å². The second-order valence-corrected chi connectivity index (χ2v) is 4.61. The van der Waals surface area contributed by atoms with Crippen LogP contribution in [0.5, 0.6) is 0 Å². The maximum atomic E-state index is 11.1. The van der Waals surface area contributed by atoms with E-state index in [-0.39, 0.29) is 23.4 Å². The summed E-state index contributed by atoms with van der Waals surface area (Å²) in [5, 5.41) is 2.94. The molecule has 1 fully saturated rings. The van der Waals surface area contributed by atoms with Gasteiger partial charge in [0.25, 0.3) is 0 Å². The summed E-state index contributed by atoms with van der Waals surface area (Å²) in [6, 6.07) is 0.237. The van der Waals surface area contributed by atoms with Gasteiger partial charge in [-0.15, -0.1) is 0 Å². The number of nitrogens with two attached hydrogens (primary N) is 1. The van der Waals surface area contributed by atoms with Crippen molar-refractivity contribution < 1.29 is 4.79 Å². The molecule has 0 aromatic rings. The highest BCUT2D eigenvalue weighted by Gasteiger charge is 2.34. The molecule has 3 nitrogen and oxygen atoms in total. The number of hydrogen-bond donors (Lipinski definition) is 2. The molecular weight excluding hydrogens is 152 g/mol. The smallest absolute Gasteiger partial charge is 0.220 e. The second kappa shape index (κ2) is 3.05. The molecule has 2 atom stereocenters. The fraction of sp³-hybridized carbons (Fsp3) is 0.889. The SMILES string of the molecule is CC(C)(C)[C@H]1NC(=O)CC[C@@H]1N. The molecule has 0 radical (unpaired) electrons. The third-order valence-corrected chi connectivity index (χ3v) is 2.38. The highest BCUT2D eigenvalue weighted by atomic mass is 16.1. The number of amides is 1. The van der Waals surface area contributed by atoms with E-state index in [1.54, 1.807) is 0 Å². The number of piperidine rings is 1. The van der Waals surface area contributed by atoms with Crippen molar-refractivity contribution in [1.82, 2.24) is 5.32 Å². The molecule has 0 aliphatic carbocycles. The van der Waals surface area contributed by atoms with Crippen molar-refractivity contribution >= 4 is 5.91 Å². The maximum Gasteiger partial charge on any atom is 0.220 e. The van der Waals surface area contributed by atoms with Crippen molar-refractivity contribution in [3.05, 3.63) is 0 Å². The quantitative estimate of drug-likeness (QED) is 0.560. The zero-order chi connectivity index (χ0) is 9.35. The first kappa shape index (κ1) is 9.52. The van der Waals surface area contributed by atoms with Crippen LogP contribution < -0.4 is 11.1 Å². The molecule has 3 N–H and O–H groups in total. The average Bonchev–Trinajstić information content (AvgIpc) is 1.92. The van der Waals surface area contributed by atoms with E-state index in [4.69, 9.17) is 5.73 Å². The summed E-state index contributed by atoms with van der Waals surface area (Å²) in [4.78, 5) is 11.1. The molecule has 12 heavy (non-hydrogen) atoms. The zero-order valence-corrected chi connectivity index (χ0v) is 8.05. The van der Waals surface area contributed by atoms with Crippen molar-refractivity contribution in [1.29, 1.82) is 0 Å². The first-order chi connectivity index (χ1) is 5.41. The second-order valence-electron chi connectivity index (χ2n) is 4.61. The fourth-order valence-electron chi connectivity index (χ4n) is 1.68. The number of rotatable bonds is 0. The molecule has 0 bridgehead atoms. The largest absolute Gasteiger partial charge is 0.351 e. The van der Waals surface area contributed by atoms with Gasteiger partial charge in [-0.05, 0) is 11.8 Å². The van der Waals surface area contributed by atoms with Crippen LogP contribution in [0.25, 0.3) is 0 Å². The average molecular weight is 170 g/mol. The van der Waals surface area contributed by atoms with E-state index < -0.39 is 0 Å². The number of carbonyl (C=O) groups excluding carboxylic acids is 1. The monoisotopic (exact) mass is 170 g/mol. The predicted molar refractivity (Wildman–Crippen MR) is 48.6 cm³/mol. The minimum Gasteiger partial charge on any atom is -0.351 e. The van der Waals surface area contributed by atoms with Gasteiger partial charge in [0.05, 0.1) is 0 Å². The van der Waals surface area contributed by atoms with Crippen LogP contribution in [0.3, 0.4) is 0 Å². The Morgan fingerprint density at radius 1 is 1.50 bits per heavy atom.